The second-order valence-electron chi connectivity index (χ2n) is 4.64. The quantitative estimate of drug-likeness (QED) is 0.733. The first-order valence-electron chi connectivity index (χ1n) is 6.08. The summed E-state index contributed by atoms with van der Waals surface area (Å²) in [5.74, 6) is 2.19. The Hall–Kier alpha value is -1.62. The molecule has 0 radical (unpaired) electrons. The van der Waals surface area contributed by atoms with Gasteiger partial charge in [-0.05, 0) is 25.0 Å². The van der Waals surface area contributed by atoms with Gasteiger partial charge in [-0.25, -0.2) is 9.97 Å². The van der Waals surface area contributed by atoms with Crippen LogP contribution in [0.3, 0.4) is 0 Å². The molecule has 90 valence electrons. The third-order valence-electron chi connectivity index (χ3n) is 3.54. The highest BCUT2D eigenvalue weighted by Gasteiger charge is 2.28. The molecule has 2 aromatic rings. The number of nitrogens with two attached hydrogens (primary N) is 1. The van der Waals surface area contributed by atoms with Crippen LogP contribution < -0.4 is 11.1 Å². The number of rotatable bonds is 2. The van der Waals surface area contributed by atoms with Crippen molar-refractivity contribution in [1.82, 2.24) is 15.0 Å². The zero-order chi connectivity index (χ0) is 11.8. The van der Waals surface area contributed by atoms with E-state index in [9.17, 15) is 0 Å². The zero-order valence-electron chi connectivity index (χ0n) is 9.90. The van der Waals surface area contributed by atoms with E-state index in [1.54, 1.807) is 0 Å². The molecule has 2 atom stereocenters. The van der Waals surface area contributed by atoms with Gasteiger partial charge < -0.3 is 16.0 Å². The number of aromatic nitrogens is 3. The lowest BCUT2D eigenvalue weighted by atomic mass is 10.0. The number of aromatic amines is 1. The predicted molar refractivity (Wildman–Crippen MR) is 68.0 cm³/mol. The summed E-state index contributed by atoms with van der Waals surface area (Å²) in [5, 5.41) is 3.02. The normalized spacial score (nSPS) is 24.4. The van der Waals surface area contributed by atoms with Gasteiger partial charge in [0.05, 0.1) is 5.52 Å². The van der Waals surface area contributed by atoms with Crippen LogP contribution in [0.4, 0.5) is 5.82 Å². The van der Waals surface area contributed by atoms with E-state index in [-0.39, 0.29) is 6.04 Å². The lowest BCUT2D eigenvalue weighted by Gasteiger charge is -2.11. The zero-order valence-corrected chi connectivity index (χ0v) is 9.90. The van der Waals surface area contributed by atoms with E-state index in [1.807, 2.05) is 19.2 Å². The van der Waals surface area contributed by atoms with Crippen molar-refractivity contribution in [2.24, 2.45) is 5.73 Å². The molecule has 0 amide bonds. The smallest absolute Gasteiger partial charge is 0.179 e. The summed E-state index contributed by atoms with van der Waals surface area (Å²) >= 11 is 0. The molecule has 4 N–H and O–H groups in total. The minimum absolute atomic E-state index is 0.235. The second kappa shape index (κ2) is 4.00. The van der Waals surface area contributed by atoms with Crippen LogP contribution in [-0.2, 0) is 0 Å². The Kier molecular flexibility index (Phi) is 2.48. The van der Waals surface area contributed by atoms with Crippen LogP contribution in [0.5, 0.6) is 0 Å². The Balaban J connectivity index is 2.01. The van der Waals surface area contributed by atoms with Crippen LogP contribution in [0.1, 0.15) is 31.0 Å². The van der Waals surface area contributed by atoms with Crippen molar-refractivity contribution in [1.29, 1.82) is 0 Å². The highest BCUT2D eigenvalue weighted by atomic mass is 15.0. The number of nitrogens with one attached hydrogen (secondary N) is 2. The molecule has 0 aliphatic heterocycles. The van der Waals surface area contributed by atoms with Crippen LogP contribution in [0.2, 0.25) is 0 Å². The summed E-state index contributed by atoms with van der Waals surface area (Å²) in [5.41, 5.74) is 7.85. The number of nitrogens with zero attached hydrogens (tertiary/aromatic N) is 2. The molecule has 0 aromatic carbocycles. The standard InChI is InChI=1S/C12H17N5/c1-14-10-6-5-9-12(16-10)17-11(15-9)7-3-2-4-8(7)13/h5-8H,2-4,13H2,1H3,(H2,14,15,16,17). The monoisotopic (exact) mass is 231 g/mol. The Morgan fingerprint density at radius 3 is 2.94 bits per heavy atom. The van der Waals surface area contributed by atoms with Crippen LogP contribution >= 0.6 is 0 Å². The van der Waals surface area contributed by atoms with Crippen molar-refractivity contribution in [2.75, 3.05) is 12.4 Å². The lowest BCUT2D eigenvalue weighted by Crippen LogP contribution is -2.23. The van der Waals surface area contributed by atoms with E-state index >= 15 is 0 Å². The van der Waals surface area contributed by atoms with E-state index in [4.69, 9.17) is 5.73 Å². The third-order valence-corrected chi connectivity index (χ3v) is 3.54. The highest BCUT2D eigenvalue weighted by Crippen LogP contribution is 2.32. The highest BCUT2D eigenvalue weighted by molar-refractivity contribution is 5.73. The molecule has 1 saturated carbocycles. The second-order valence-corrected chi connectivity index (χ2v) is 4.64. The van der Waals surface area contributed by atoms with Gasteiger partial charge in [-0.3, -0.25) is 0 Å². The largest absolute Gasteiger partial charge is 0.373 e. The molecule has 1 aliphatic carbocycles. The number of fused-ring (bicyclic) bond motifs is 1. The van der Waals surface area contributed by atoms with Crippen LogP contribution in [0.15, 0.2) is 12.1 Å². The van der Waals surface area contributed by atoms with E-state index < -0.39 is 0 Å². The molecule has 0 saturated heterocycles. The number of hydrogen-bond acceptors (Lipinski definition) is 4. The van der Waals surface area contributed by atoms with Crippen molar-refractivity contribution >= 4 is 17.0 Å². The molecule has 2 heterocycles. The van der Waals surface area contributed by atoms with Crippen LogP contribution in [0.25, 0.3) is 11.2 Å². The molecule has 3 rings (SSSR count). The molecule has 5 nitrogen and oxygen atoms in total. The van der Waals surface area contributed by atoms with Gasteiger partial charge >= 0.3 is 0 Å². The molecule has 0 spiro atoms. The minimum atomic E-state index is 0.235. The molecule has 17 heavy (non-hydrogen) atoms. The van der Waals surface area contributed by atoms with Gasteiger partial charge in [-0.1, -0.05) is 6.42 Å². The minimum Gasteiger partial charge on any atom is -0.373 e. The lowest BCUT2D eigenvalue weighted by molar-refractivity contribution is 0.588. The number of pyridine rings is 1. The summed E-state index contributed by atoms with van der Waals surface area (Å²) in [6, 6.07) is 4.18. The first-order valence-corrected chi connectivity index (χ1v) is 6.08. The fraction of sp³-hybridized carbons (Fsp3) is 0.500. The average Bonchev–Trinajstić information content (AvgIpc) is 2.93. The molecule has 1 aliphatic rings. The molecular weight excluding hydrogens is 214 g/mol. The van der Waals surface area contributed by atoms with Gasteiger partial charge in [0.15, 0.2) is 5.65 Å². The number of imidazole rings is 1. The molecule has 5 heteroatoms. The first kappa shape index (κ1) is 10.5. The van der Waals surface area contributed by atoms with Gasteiger partial charge in [-0.15, -0.1) is 0 Å². The Morgan fingerprint density at radius 2 is 2.24 bits per heavy atom. The topological polar surface area (TPSA) is 79.6 Å². The van der Waals surface area contributed by atoms with Gasteiger partial charge in [-0.2, -0.15) is 0 Å². The summed E-state index contributed by atoms with van der Waals surface area (Å²) in [6.07, 6.45) is 3.41. The van der Waals surface area contributed by atoms with Gasteiger partial charge in [0, 0.05) is 19.0 Å². The average molecular weight is 231 g/mol. The summed E-state index contributed by atoms with van der Waals surface area (Å²) < 4.78 is 0. The number of H-pyrrole nitrogens is 1. The third kappa shape index (κ3) is 1.76. The summed E-state index contributed by atoms with van der Waals surface area (Å²) in [7, 11) is 1.86. The van der Waals surface area contributed by atoms with Crippen molar-refractivity contribution in [3.05, 3.63) is 18.0 Å². The molecule has 1 fully saturated rings. The fourth-order valence-corrected chi connectivity index (χ4v) is 2.55. The maximum Gasteiger partial charge on any atom is 0.179 e. The van der Waals surface area contributed by atoms with Crippen molar-refractivity contribution < 1.29 is 0 Å². The molecule has 0 bridgehead atoms. The van der Waals surface area contributed by atoms with Crippen LogP contribution in [0, 0.1) is 0 Å². The van der Waals surface area contributed by atoms with Crippen molar-refractivity contribution in [2.45, 2.75) is 31.2 Å². The van der Waals surface area contributed by atoms with E-state index in [2.05, 4.69) is 20.3 Å². The summed E-state index contributed by atoms with van der Waals surface area (Å²) in [6.45, 7) is 0. The SMILES string of the molecule is CNc1ccc2[nH]c(C3CCCC3N)nc2n1. The van der Waals surface area contributed by atoms with Crippen molar-refractivity contribution in [3.8, 4) is 0 Å². The van der Waals surface area contributed by atoms with Gasteiger partial charge in [0.25, 0.3) is 0 Å². The Bertz CT molecular complexity index is 533. The molecule has 2 aromatic heterocycles. The molecule has 2 unspecified atom stereocenters. The maximum absolute atomic E-state index is 6.10. The fourth-order valence-electron chi connectivity index (χ4n) is 2.55. The Morgan fingerprint density at radius 1 is 1.35 bits per heavy atom. The first-order chi connectivity index (χ1) is 8.28. The van der Waals surface area contributed by atoms with E-state index in [0.717, 1.165) is 35.6 Å². The van der Waals surface area contributed by atoms with Crippen molar-refractivity contribution in [3.63, 3.8) is 0 Å². The number of hydrogen-bond donors (Lipinski definition) is 3. The van der Waals surface area contributed by atoms with E-state index in [1.165, 1.54) is 6.42 Å². The van der Waals surface area contributed by atoms with Gasteiger partial charge in [0.2, 0.25) is 0 Å². The predicted octanol–water partition coefficient (Wildman–Crippen LogP) is 1.59. The summed E-state index contributed by atoms with van der Waals surface area (Å²) in [4.78, 5) is 12.3. The van der Waals surface area contributed by atoms with E-state index in [0.29, 0.717) is 5.92 Å². The maximum atomic E-state index is 6.10. The number of anilines is 1. The van der Waals surface area contributed by atoms with Gasteiger partial charge in [0.1, 0.15) is 11.6 Å². The molecular formula is C12H17N5. The van der Waals surface area contributed by atoms with Crippen LogP contribution in [-0.4, -0.2) is 28.0 Å². The Labute approximate surface area is 99.8 Å².